The number of hydrogen-bond acceptors (Lipinski definition) is 2. The SMILES string of the molecule is Cc1cc2n(n1)C(=O)N(C(C)C)CC2. The average molecular weight is 193 g/mol. The zero-order chi connectivity index (χ0) is 10.3. The first-order valence-corrected chi connectivity index (χ1v) is 4.96. The lowest BCUT2D eigenvalue weighted by atomic mass is 10.2. The van der Waals surface area contributed by atoms with Crippen LogP contribution in [0.4, 0.5) is 4.79 Å². The van der Waals surface area contributed by atoms with Crippen LogP contribution >= 0.6 is 0 Å². The quantitative estimate of drug-likeness (QED) is 0.676. The highest BCUT2D eigenvalue weighted by atomic mass is 16.2. The number of aromatic nitrogens is 2. The van der Waals surface area contributed by atoms with E-state index in [0.717, 1.165) is 24.4 Å². The highest BCUT2D eigenvalue weighted by Gasteiger charge is 2.26. The minimum atomic E-state index is 0.00866. The molecule has 0 spiro atoms. The molecule has 0 fully saturated rings. The molecule has 4 nitrogen and oxygen atoms in total. The lowest BCUT2D eigenvalue weighted by Crippen LogP contribution is -2.45. The second kappa shape index (κ2) is 3.12. The van der Waals surface area contributed by atoms with E-state index >= 15 is 0 Å². The molecule has 0 saturated heterocycles. The van der Waals surface area contributed by atoms with E-state index in [1.54, 1.807) is 0 Å². The smallest absolute Gasteiger partial charge is 0.320 e. The van der Waals surface area contributed by atoms with Gasteiger partial charge < -0.3 is 4.90 Å². The molecule has 14 heavy (non-hydrogen) atoms. The number of hydrogen-bond donors (Lipinski definition) is 0. The molecule has 1 aromatic rings. The highest BCUT2D eigenvalue weighted by molar-refractivity contribution is 5.78. The lowest BCUT2D eigenvalue weighted by Gasteiger charge is -2.30. The van der Waals surface area contributed by atoms with E-state index in [9.17, 15) is 4.79 Å². The number of rotatable bonds is 1. The van der Waals surface area contributed by atoms with Crippen molar-refractivity contribution >= 4 is 6.03 Å². The molecular weight excluding hydrogens is 178 g/mol. The van der Waals surface area contributed by atoms with Gasteiger partial charge in [-0.1, -0.05) is 0 Å². The molecule has 4 heteroatoms. The van der Waals surface area contributed by atoms with Crippen molar-refractivity contribution in [3.63, 3.8) is 0 Å². The number of aryl methyl sites for hydroxylation is 1. The monoisotopic (exact) mass is 193 g/mol. The number of amides is 1. The van der Waals surface area contributed by atoms with E-state index in [2.05, 4.69) is 5.10 Å². The molecule has 0 aromatic carbocycles. The second-order valence-corrected chi connectivity index (χ2v) is 4.01. The Kier molecular flexibility index (Phi) is 2.06. The molecule has 1 aliphatic rings. The number of fused-ring (bicyclic) bond motifs is 1. The van der Waals surface area contributed by atoms with Crippen molar-refractivity contribution < 1.29 is 4.79 Å². The van der Waals surface area contributed by atoms with E-state index in [1.807, 2.05) is 31.7 Å². The van der Waals surface area contributed by atoms with E-state index in [0.29, 0.717) is 0 Å². The third kappa shape index (κ3) is 1.31. The normalized spacial score (nSPS) is 16.3. The molecule has 1 aromatic heterocycles. The molecule has 0 atom stereocenters. The van der Waals surface area contributed by atoms with Crippen LogP contribution in [0, 0.1) is 6.92 Å². The molecule has 1 amide bonds. The zero-order valence-corrected chi connectivity index (χ0v) is 8.82. The third-order valence-electron chi connectivity index (χ3n) is 2.56. The largest absolute Gasteiger partial charge is 0.345 e. The van der Waals surface area contributed by atoms with Gasteiger partial charge in [0.1, 0.15) is 0 Å². The Morgan fingerprint density at radius 1 is 1.50 bits per heavy atom. The van der Waals surface area contributed by atoms with Crippen LogP contribution in [0.1, 0.15) is 25.2 Å². The van der Waals surface area contributed by atoms with Crippen molar-refractivity contribution in [3.8, 4) is 0 Å². The van der Waals surface area contributed by atoms with Crippen molar-refractivity contribution in [3.05, 3.63) is 17.5 Å². The molecule has 0 N–H and O–H groups in total. The van der Waals surface area contributed by atoms with Gasteiger partial charge in [-0.3, -0.25) is 0 Å². The Hall–Kier alpha value is -1.32. The molecule has 0 radical (unpaired) electrons. The van der Waals surface area contributed by atoms with Crippen LogP contribution in [-0.4, -0.2) is 33.3 Å². The summed E-state index contributed by atoms with van der Waals surface area (Å²) in [5.74, 6) is 0. The van der Waals surface area contributed by atoms with Crippen molar-refractivity contribution in [1.29, 1.82) is 0 Å². The van der Waals surface area contributed by atoms with Gasteiger partial charge >= 0.3 is 6.03 Å². The van der Waals surface area contributed by atoms with Gasteiger partial charge in [-0.05, 0) is 26.8 Å². The van der Waals surface area contributed by atoms with Gasteiger partial charge in [0, 0.05) is 19.0 Å². The molecule has 0 bridgehead atoms. The van der Waals surface area contributed by atoms with Crippen molar-refractivity contribution in [2.24, 2.45) is 0 Å². The molecule has 0 saturated carbocycles. The Morgan fingerprint density at radius 3 is 2.86 bits per heavy atom. The van der Waals surface area contributed by atoms with Gasteiger partial charge in [0.25, 0.3) is 0 Å². The molecule has 2 rings (SSSR count). The average Bonchev–Trinajstić information content (AvgIpc) is 2.46. The van der Waals surface area contributed by atoms with Gasteiger partial charge in [-0.25, -0.2) is 4.79 Å². The summed E-state index contributed by atoms with van der Waals surface area (Å²) < 4.78 is 1.53. The topological polar surface area (TPSA) is 38.1 Å². The standard InChI is InChI=1S/C10H15N3O/c1-7(2)12-5-4-9-6-8(3)11-13(9)10(12)14/h6-7H,4-5H2,1-3H3. The molecule has 76 valence electrons. The highest BCUT2D eigenvalue weighted by Crippen LogP contribution is 2.15. The minimum absolute atomic E-state index is 0.00866. The fourth-order valence-corrected chi connectivity index (χ4v) is 1.83. The number of carbonyl (C=O) groups is 1. The van der Waals surface area contributed by atoms with Crippen LogP contribution in [0.25, 0.3) is 0 Å². The maximum atomic E-state index is 11.9. The molecule has 0 unspecified atom stereocenters. The number of carbonyl (C=O) groups excluding carboxylic acids is 1. The first-order valence-electron chi connectivity index (χ1n) is 4.96. The summed E-state index contributed by atoms with van der Waals surface area (Å²) in [7, 11) is 0. The predicted octanol–water partition coefficient (Wildman–Crippen LogP) is 1.43. The molecular formula is C10H15N3O. The summed E-state index contributed by atoms with van der Waals surface area (Å²) in [5, 5.41) is 4.19. The summed E-state index contributed by atoms with van der Waals surface area (Å²) in [6.45, 7) is 6.78. The van der Waals surface area contributed by atoms with E-state index < -0.39 is 0 Å². The van der Waals surface area contributed by atoms with Crippen molar-refractivity contribution in [2.75, 3.05) is 6.54 Å². The lowest BCUT2D eigenvalue weighted by molar-refractivity contribution is 0.173. The van der Waals surface area contributed by atoms with Gasteiger partial charge in [0.05, 0.1) is 11.4 Å². The van der Waals surface area contributed by atoms with Crippen molar-refractivity contribution in [2.45, 2.75) is 33.2 Å². The van der Waals surface area contributed by atoms with Gasteiger partial charge in [-0.2, -0.15) is 9.78 Å². The molecule has 0 aliphatic carbocycles. The van der Waals surface area contributed by atoms with Gasteiger partial charge in [-0.15, -0.1) is 0 Å². The summed E-state index contributed by atoms with van der Waals surface area (Å²) in [5.41, 5.74) is 1.95. The van der Waals surface area contributed by atoms with Crippen LogP contribution in [0.15, 0.2) is 6.07 Å². The van der Waals surface area contributed by atoms with Crippen LogP contribution < -0.4 is 0 Å². The van der Waals surface area contributed by atoms with Gasteiger partial charge in [0.2, 0.25) is 0 Å². The Balaban J connectivity index is 2.36. The fraction of sp³-hybridized carbons (Fsp3) is 0.600. The Labute approximate surface area is 83.5 Å². The Morgan fingerprint density at radius 2 is 2.21 bits per heavy atom. The van der Waals surface area contributed by atoms with Crippen LogP contribution in [0.3, 0.4) is 0 Å². The van der Waals surface area contributed by atoms with Crippen LogP contribution in [0.5, 0.6) is 0 Å². The molecule has 2 heterocycles. The zero-order valence-electron chi connectivity index (χ0n) is 8.82. The maximum Gasteiger partial charge on any atom is 0.345 e. The first-order chi connectivity index (χ1) is 6.59. The predicted molar refractivity (Wildman–Crippen MR) is 53.3 cm³/mol. The summed E-state index contributed by atoms with van der Waals surface area (Å²) >= 11 is 0. The van der Waals surface area contributed by atoms with Crippen LogP contribution in [-0.2, 0) is 6.42 Å². The van der Waals surface area contributed by atoms with Gasteiger partial charge in [0.15, 0.2) is 0 Å². The Bertz CT molecular complexity index is 367. The first kappa shape index (κ1) is 9.24. The summed E-state index contributed by atoms with van der Waals surface area (Å²) in [6, 6.07) is 2.24. The number of nitrogens with zero attached hydrogens (tertiary/aromatic N) is 3. The van der Waals surface area contributed by atoms with E-state index in [1.165, 1.54) is 4.68 Å². The summed E-state index contributed by atoms with van der Waals surface area (Å²) in [6.07, 6.45) is 0.907. The second-order valence-electron chi connectivity index (χ2n) is 4.01. The third-order valence-corrected chi connectivity index (χ3v) is 2.56. The fourth-order valence-electron chi connectivity index (χ4n) is 1.83. The van der Waals surface area contributed by atoms with Crippen molar-refractivity contribution in [1.82, 2.24) is 14.7 Å². The van der Waals surface area contributed by atoms with E-state index in [4.69, 9.17) is 0 Å². The maximum absolute atomic E-state index is 11.9. The summed E-state index contributed by atoms with van der Waals surface area (Å²) in [4.78, 5) is 13.7. The van der Waals surface area contributed by atoms with Crippen LogP contribution in [0.2, 0.25) is 0 Å². The van der Waals surface area contributed by atoms with E-state index in [-0.39, 0.29) is 12.1 Å². The minimum Gasteiger partial charge on any atom is -0.320 e. The molecule has 1 aliphatic heterocycles.